The Labute approximate surface area is 240 Å². The summed E-state index contributed by atoms with van der Waals surface area (Å²) in [7, 11) is -3.62. The van der Waals surface area contributed by atoms with Gasteiger partial charge in [0.2, 0.25) is 21.8 Å². The van der Waals surface area contributed by atoms with Gasteiger partial charge < -0.3 is 15.0 Å². The largest absolute Gasteiger partial charge is 0.492 e. The Kier molecular flexibility index (Phi) is 11.9. The standard InChI is InChI=1S/C31H45N3O5S/c1-5-27(31(36)32-26-13-8-7-9-14-26)33(23-25-20-18-24(3)19-21-25)30(35)17-12-22-34(40(4,37)38)28-15-10-11-16-29(28)39-6-2/h10-11,15-16,18-21,26-27H,5-9,12-14,17,22-23H2,1-4H3,(H,32,36)/t27-/m0/s1. The van der Waals surface area contributed by atoms with E-state index in [4.69, 9.17) is 4.74 Å². The van der Waals surface area contributed by atoms with Crippen molar-refractivity contribution in [1.82, 2.24) is 10.2 Å². The number of hydrogen-bond acceptors (Lipinski definition) is 5. The number of anilines is 1. The van der Waals surface area contributed by atoms with E-state index >= 15 is 0 Å². The smallest absolute Gasteiger partial charge is 0.243 e. The summed E-state index contributed by atoms with van der Waals surface area (Å²) in [5.41, 5.74) is 2.53. The molecule has 2 aromatic rings. The van der Waals surface area contributed by atoms with Crippen molar-refractivity contribution in [2.45, 2.75) is 90.8 Å². The predicted octanol–water partition coefficient (Wildman–Crippen LogP) is 5.20. The lowest BCUT2D eigenvalue weighted by Gasteiger charge is -2.33. The summed E-state index contributed by atoms with van der Waals surface area (Å²) in [5, 5.41) is 3.20. The SMILES string of the molecule is CCOc1ccccc1N(CCCC(=O)N(Cc1ccc(C)cc1)[C@@H](CC)C(=O)NC1CCCCC1)S(C)(=O)=O. The van der Waals surface area contributed by atoms with Gasteiger partial charge in [-0.2, -0.15) is 0 Å². The Balaban J connectivity index is 1.77. The van der Waals surface area contributed by atoms with Gasteiger partial charge in [-0.05, 0) is 57.2 Å². The lowest BCUT2D eigenvalue weighted by Crippen LogP contribution is -2.51. The van der Waals surface area contributed by atoms with Gasteiger partial charge in [0.05, 0.1) is 18.6 Å². The molecule has 1 fully saturated rings. The molecule has 0 heterocycles. The van der Waals surface area contributed by atoms with Crippen LogP contribution in [0.15, 0.2) is 48.5 Å². The highest BCUT2D eigenvalue weighted by Gasteiger charge is 2.30. The van der Waals surface area contributed by atoms with E-state index in [-0.39, 0.29) is 30.8 Å². The van der Waals surface area contributed by atoms with Crippen LogP contribution in [0.2, 0.25) is 0 Å². The molecule has 2 aromatic carbocycles. The lowest BCUT2D eigenvalue weighted by atomic mass is 9.95. The van der Waals surface area contributed by atoms with Gasteiger partial charge in [-0.25, -0.2) is 8.42 Å². The van der Waals surface area contributed by atoms with Crippen LogP contribution < -0.4 is 14.4 Å². The van der Waals surface area contributed by atoms with Crippen LogP contribution in [0.1, 0.15) is 76.3 Å². The normalized spacial score (nSPS) is 14.8. The summed E-state index contributed by atoms with van der Waals surface area (Å²) >= 11 is 0. The average molecular weight is 572 g/mol. The number of carbonyl (C=O) groups is 2. The highest BCUT2D eigenvalue weighted by molar-refractivity contribution is 7.92. The van der Waals surface area contributed by atoms with Crippen LogP contribution in [-0.4, -0.2) is 56.6 Å². The fraction of sp³-hybridized carbons (Fsp3) is 0.548. The van der Waals surface area contributed by atoms with Crippen molar-refractivity contribution in [1.29, 1.82) is 0 Å². The molecule has 0 bridgehead atoms. The van der Waals surface area contributed by atoms with Gasteiger partial charge in [0.25, 0.3) is 0 Å². The molecule has 0 aliphatic heterocycles. The van der Waals surface area contributed by atoms with Gasteiger partial charge in [-0.3, -0.25) is 13.9 Å². The molecule has 1 saturated carbocycles. The second-order valence-electron chi connectivity index (χ2n) is 10.6. The van der Waals surface area contributed by atoms with Crippen molar-refractivity contribution < 1.29 is 22.7 Å². The molecule has 1 atom stereocenters. The lowest BCUT2D eigenvalue weighted by molar-refractivity contribution is -0.141. The molecule has 1 aliphatic carbocycles. The number of ether oxygens (including phenoxy) is 1. The fourth-order valence-electron chi connectivity index (χ4n) is 5.28. The predicted molar refractivity (Wildman–Crippen MR) is 160 cm³/mol. The molecule has 0 radical (unpaired) electrons. The second-order valence-corrected chi connectivity index (χ2v) is 12.5. The number of hydrogen-bond donors (Lipinski definition) is 1. The van der Waals surface area contributed by atoms with Crippen LogP contribution in [0, 0.1) is 6.92 Å². The van der Waals surface area contributed by atoms with Gasteiger partial charge in [-0.15, -0.1) is 0 Å². The molecule has 1 N–H and O–H groups in total. The molecular formula is C31H45N3O5S. The number of aryl methyl sites for hydroxylation is 1. The summed E-state index contributed by atoms with van der Waals surface area (Å²) in [6.07, 6.45) is 7.42. The molecule has 0 spiro atoms. The Morgan fingerprint density at radius 2 is 1.70 bits per heavy atom. The maximum Gasteiger partial charge on any atom is 0.243 e. The Morgan fingerprint density at radius 1 is 1.02 bits per heavy atom. The van der Waals surface area contributed by atoms with E-state index in [2.05, 4.69) is 5.32 Å². The quantitative estimate of drug-likeness (QED) is 0.336. The van der Waals surface area contributed by atoms with E-state index in [1.807, 2.05) is 45.0 Å². The zero-order chi connectivity index (χ0) is 29.1. The summed E-state index contributed by atoms with van der Waals surface area (Å²) in [5.74, 6) is 0.198. The first-order valence-corrected chi connectivity index (χ1v) is 16.3. The van der Waals surface area contributed by atoms with Crippen LogP contribution in [0.3, 0.4) is 0 Å². The fourth-order valence-corrected chi connectivity index (χ4v) is 6.25. The van der Waals surface area contributed by atoms with Crippen LogP contribution >= 0.6 is 0 Å². The highest BCUT2D eigenvalue weighted by atomic mass is 32.2. The minimum Gasteiger partial charge on any atom is -0.492 e. The maximum atomic E-state index is 13.7. The van der Waals surface area contributed by atoms with Crippen LogP contribution in [0.25, 0.3) is 0 Å². The third-order valence-electron chi connectivity index (χ3n) is 7.40. The first-order chi connectivity index (χ1) is 19.1. The Bertz CT molecular complexity index is 1210. The number of nitrogens with zero attached hydrogens (tertiary/aromatic N) is 2. The second kappa shape index (κ2) is 15.1. The van der Waals surface area contributed by atoms with E-state index in [9.17, 15) is 18.0 Å². The zero-order valence-corrected chi connectivity index (χ0v) is 25.2. The van der Waals surface area contributed by atoms with Gasteiger partial charge >= 0.3 is 0 Å². The van der Waals surface area contributed by atoms with Crippen LogP contribution in [-0.2, 0) is 26.2 Å². The van der Waals surface area contributed by atoms with E-state index in [0.29, 0.717) is 37.4 Å². The van der Waals surface area contributed by atoms with E-state index in [1.54, 1.807) is 29.2 Å². The summed E-state index contributed by atoms with van der Waals surface area (Å²) in [6, 6.07) is 14.5. The number of nitrogens with one attached hydrogen (secondary N) is 1. The number of para-hydroxylation sites is 2. The third kappa shape index (κ3) is 8.98. The van der Waals surface area contributed by atoms with Crippen LogP contribution in [0.4, 0.5) is 5.69 Å². The van der Waals surface area contributed by atoms with E-state index in [0.717, 1.165) is 43.1 Å². The van der Waals surface area contributed by atoms with Crippen molar-refractivity contribution in [2.24, 2.45) is 0 Å². The molecule has 40 heavy (non-hydrogen) atoms. The summed E-state index contributed by atoms with van der Waals surface area (Å²) in [6.45, 7) is 6.63. The maximum absolute atomic E-state index is 13.7. The number of carbonyl (C=O) groups excluding carboxylic acids is 2. The minimum atomic E-state index is -3.62. The monoisotopic (exact) mass is 571 g/mol. The molecule has 2 amide bonds. The van der Waals surface area contributed by atoms with Crippen molar-refractivity contribution >= 4 is 27.5 Å². The molecule has 220 valence electrons. The van der Waals surface area contributed by atoms with Crippen LogP contribution in [0.5, 0.6) is 5.75 Å². The van der Waals surface area contributed by atoms with Gasteiger partial charge in [0.1, 0.15) is 11.8 Å². The number of amides is 2. The molecule has 9 heteroatoms. The van der Waals surface area contributed by atoms with Crippen molar-refractivity contribution in [3.8, 4) is 5.75 Å². The summed E-state index contributed by atoms with van der Waals surface area (Å²) < 4.78 is 32.4. The molecule has 0 aromatic heterocycles. The van der Waals surface area contributed by atoms with Gasteiger partial charge in [0.15, 0.2) is 0 Å². The van der Waals surface area contributed by atoms with Crippen molar-refractivity contribution in [3.63, 3.8) is 0 Å². The van der Waals surface area contributed by atoms with Crippen molar-refractivity contribution in [2.75, 3.05) is 23.7 Å². The number of rotatable bonds is 14. The molecule has 8 nitrogen and oxygen atoms in total. The molecule has 0 unspecified atom stereocenters. The first kappa shape index (κ1) is 31.5. The van der Waals surface area contributed by atoms with E-state index in [1.165, 1.54) is 10.7 Å². The highest BCUT2D eigenvalue weighted by Crippen LogP contribution is 2.30. The molecular weight excluding hydrogens is 526 g/mol. The number of benzene rings is 2. The summed E-state index contributed by atoms with van der Waals surface area (Å²) in [4.78, 5) is 28.8. The third-order valence-corrected chi connectivity index (χ3v) is 8.58. The molecule has 3 rings (SSSR count). The molecule has 1 aliphatic rings. The Hall–Kier alpha value is -3.07. The van der Waals surface area contributed by atoms with Crippen molar-refractivity contribution in [3.05, 3.63) is 59.7 Å². The molecule has 0 saturated heterocycles. The van der Waals surface area contributed by atoms with Gasteiger partial charge in [-0.1, -0.05) is 68.1 Å². The van der Waals surface area contributed by atoms with Gasteiger partial charge in [0, 0.05) is 25.6 Å². The van der Waals surface area contributed by atoms with E-state index < -0.39 is 16.1 Å². The first-order valence-electron chi connectivity index (χ1n) is 14.5. The minimum absolute atomic E-state index is 0.113. The topological polar surface area (TPSA) is 96.0 Å². The Morgan fingerprint density at radius 3 is 2.33 bits per heavy atom. The zero-order valence-electron chi connectivity index (χ0n) is 24.4. The number of sulfonamides is 1. The average Bonchev–Trinajstić information content (AvgIpc) is 2.92.